The van der Waals surface area contributed by atoms with Crippen molar-refractivity contribution in [3.05, 3.63) is 36.5 Å². The molecule has 444 valence electrons. The smallest absolute Gasteiger partial charge is 0.220 e. The Kier molecular flexibility index (Phi) is 36.9. The molecule has 76 heavy (non-hydrogen) atoms. The summed E-state index contributed by atoms with van der Waals surface area (Å²) < 4.78 is 34.2. The van der Waals surface area contributed by atoms with Crippen molar-refractivity contribution in [2.75, 3.05) is 26.4 Å². The molecule has 12 N–H and O–H groups in total. The average Bonchev–Trinajstić information content (AvgIpc) is 3.42. The van der Waals surface area contributed by atoms with Crippen LogP contribution in [0.15, 0.2) is 36.5 Å². The Morgan fingerprint density at radius 1 is 0.474 bits per heavy atom. The maximum absolute atomic E-state index is 13.3. The highest BCUT2D eigenvalue weighted by Crippen LogP contribution is 2.33. The summed E-state index contributed by atoms with van der Waals surface area (Å²) in [6.07, 6.45) is 15.5. The van der Waals surface area contributed by atoms with Crippen molar-refractivity contribution < 1.29 is 89.4 Å². The molecule has 0 aliphatic carbocycles. The molecule has 3 fully saturated rings. The van der Waals surface area contributed by atoms with E-state index in [0.29, 0.717) is 6.42 Å². The summed E-state index contributed by atoms with van der Waals surface area (Å²) in [7, 11) is 0. The SMILES string of the molecule is CCCCC/C=C\C/C=C\CCCCCCCCCCCC(=O)NC(COC1OC(CO)C(OC2OC(CO)C(OC3OC(CO)C(O)C(O)C3O)C(O)C2O)C(O)C1O)C(O)/C=C/CCCCCCCCCCCC. The van der Waals surface area contributed by atoms with E-state index in [0.717, 1.165) is 64.2 Å². The Bertz CT molecular complexity index is 1540. The average molecular weight is 1090 g/mol. The molecule has 17 unspecified atom stereocenters. The number of hydrogen-bond acceptors (Lipinski definition) is 18. The minimum Gasteiger partial charge on any atom is -0.394 e. The number of carbonyl (C=O) groups excluding carboxylic acids is 1. The van der Waals surface area contributed by atoms with Gasteiger partial charge in [0.25, 0.3) is 0 Å². The van der Waals surface area contributed by atoms with Gasteiger partial charge in [0.15, 0.2) is 18.9 Å². The van der Waals surface area contributed by atoms with Crippen molar-refractivity contribution >= 4 is 5.91 Å². The van der Waals surface area contributed by atoms with Gasteiger partial charge in [-0.1, -0.05) is 166 Å². The number of aliphatic hydroxyl groups is 11. The first-order valence-electron chi connectivity index (χ1n) is 29.2. The number of hydrogen-bond donors (Lipinski definition) is 12. The molecule has 0 bridgehead atoms. The highest BCUT2D eigenvalue weighted by atomic mass is 16.8. The molecule has 0 saturated carbocycles. The van der Waals surface area contributed by atoms with E-state index >= 15 is 0 Å². The number of nitrogens with one attached hydrogen (secondary N) is 1. The third kappa shape index (κ3) is 25.2. The van der Waals surface area contributed by atoms with Crippen molar-refractivity contribution in [1.29, 1.82) is 0 Å². The zero-order valence-electron chi connectivity index (χ0n) is 46.0. The van der Waals surface area contributed by atoms with Crippen LogP contribution < -0.4 is 5.32 Å². The van der Waals surface area contributed by atoms with E-state index in [-0.39, 0.29) is 18.9 Å². The zero-order valence-corrected chi connectivity index (χ0v) is 46.0. The van der Waals surface area contributed by atoms with E-state index in [1.165, 1.54) is 96.3 Å². The lowest BCUT2D eigenvalue weighted by Crippen LogP contribution is -2.66. The number of rotatable bonds is 42. The Morgan fingerprint density at radius 2 is 0.868 bits per heavy atom. The molecular formula is C57H103NO18. The van der Waals surface area contributed by atoms with Crippen LogP contribution in [-0.4, -0.2) is 193 Å². The molecule has 0 spiro atoms. The van der Waals surface area contributed by atoms with Crippen molar-refractivity contribution in [3.63, 3.8) is 0 Å². The molecule has 3 rings (SSSR count). The fourth-order valence-corrected chi connectivity index (χ4v) is 9.81. The third-order valence-corrected chi connectivity index (χ3v) is 14.7. The van der Waals surface area contributed by atoms with Crippen LogP contribution in [-0.2, 0) is 33.2 Å². The molecule has 17 atom stereocenters. The van der Waals surface area contributed by atoms with Crippen molar-refractivity contribution in [2.45, 2.75) is 291 Å². The number of carbonyl (C=O) groups is 1. The van der Waals surface area contributed by atoms with Crippen LogP contribution in [0.1, 0.15) is 187 Å². The third-order valence-electron chi connectivity index (χ3n) is 14.7. The normalized spacial score (nSPS) is 31.2. The van der Waals surface area contributed by atoms with Gasteiger partial charge < -0.3 is 89.9 Å². The molecular weight excluding hydrogens is 987 g/mol. The number of allylic oxidation sites excluding steroid dienone is 5. The lowest BCUT2D eigenvalue weighted by Gasteiger charge is -2.48. The molecule has 0 aromatic heterocycles. The Hall–Kier alpha value is -1.99. The summed E-state index contributed by atoms with van der Waals surface area (Å²) >= 11 is 0. The molecule has 3 saturated heterocycles. The minimum absolute atomic E-state index is 0.238. The molecule has 0 aromatic rings. The fraction of sp³-hybridized carbons (Fsp3) is 0.877. The number of amides is 1. The lowest BCUT2D eigenvalue weighted by molar-refractivity contribution is -0.379. The van der Waals surface area contributed by atoms with Gasteiger partial charge in [-0.15, -0.1) is 0 Å². The highest BCUT2D eigenvalue weighted by molar-refractivity contribution is 5.76. The largest absolute Gasteiger partial charge is 0.394 e. The maximum atomic E-state index is 13.3. The molecule has 3 aliphatic heterocycles. The molecule has 0 aromatic carbocycles. The van der Waals surface area contributed by atoms with Crippen LogP contribution in [0.5, 0.6) is 0 Å². The Labute approximate surface area is 453 Å². The van der Waals surface area contributed by atoms with Crippen LogP contribution in [0.2, 0.25) is 0 Å². The first kappa shape index (κ1) is 68.3. The molecule has 3 aliphatic rings. The molecule has 3 heterocycles. The topological polar surface area (TPSA) is 307 Å². The van der Waals surface area contributed by atoms with Gasteiger partial charge in [0.2, 0.25) is 5.91 Å². The monoisotopic (exact) mass is 1090 g/mol. The van der Waals surface area contributed by atoms with E-state index in [1.54, 1.807) is 6.08 Å². The van der Waals surface area contributed by atoms with Crippen molar-refractivity contribution in [1.82, 2.24) is 5.32 Å². The quantitative estimate of drug-likeness (QED) is 0.0295. The molecule has 19 nitrogen and oxygen atoms in total. The van der Waals surface area contributed by atoms with E-state index in [1.807, 2.05) is 6.08 Å². The summed E-state index contributed by atoms with van der Waals surface area (Å²) in [4.78, 5) is 13.3. The summed E-state index contributed by atoms with van der Waals surface area (Å²) in [5.74, 6) is -0.283. The van der Waals surface area contributed by atoms with Gasteiger partial charge in [-0.3, -0.25) is 4.79 Å². The summed E-state index contributed by atoms with van der Waals surface area (Å²) in [6.45, 7) is 1.67. The second-order valence-electron chi connectivity index (χ2n) is 21.1. The second kappa shape index (κ2) is 41.1. The van der Waals surface area contributed by atoms with Crippen LogP contribution in [0, 0.1) is 0 Å². The predicted molar refractivity (Wildman–Crippen MR) is 286 cm³/mol. The van der Waals surface area contributed by atoms with Gasteiger partial charge in [0.1, 0.15) is 73.2 Å². The first-order valence-corrected chi connectivity index (χ1v) is 29.2. The van der Waals surface area contributed by atoms with Gasteiger partial charge in [-0.05, 0) is 51.4 Å². The lowest BCUT2D eigenvalue weighted by atomic mass is 9.96. The van der Waals surface area contributed by atoms with Crippen molar-refractivity contribution in [2.24, 2.45) is 0 Å². The standard InChI is InChI=1S/C57H103NO18/c1-3-5-7-9-11-13-15-17-18-19-20-21-22-23-25-27-29-31-33-35-45(63)58-40(41(62)34-32-30-28-26-24-16-14-12-10-8-6-4-2)39-71-55-51(69)48(66)53(43(37-60)73-55)76-57-52(70)49(67)54(44(38-61)74-57)75-56-50(68)47(65)46(64)42(36-59)72-56/h11,13,17-18,32,34,40-44,46-57,59-62,64-70H,3-10,12,14-16,19-31,33,35-39H2,1-2H3,(H,58,63)/b13-11-,18-17-,34-32+. The van der Waals surface area contributed by atoms with E-state index in [9.17, 15) is 61.0 Å². The zero-order chi connectivity index (χ0) is 55.5. The van der Waals surface area contributed by atoms with Crippen molar-refractivity contribution in [3.8, 4) is 0 Å². The summed E-state index contributed by atoms with van der Waals surface area (Å²) in [6, 6.07) is -0.973. The van der Waals surface area contributed by atoms with E-state index in [2.05, 4.69) is 43.5 Å². The predicted octanol–water partition coefficient (Wildman–Crippen LogP) is 4.54. The van der Waals surface area contributed by atoms with Crippen LogP contribution in [0.3, 0.4) is 0 Å². The number of unbranched alkanes of at least 4 members (excludes halogenated alkanes) is 22. The Morgan fingerprint density at radius 3 is 1.37 bits per heavy atom. The van der Waals surface area contributed by atoms with Gasteiger partial charge in [0, 0.05) is 6.42 Å². The summed E-state index contributed by atoms with van der Waals surface area (Å²) in [5.41, 5.74) is 0. The Balaban J connectivity index is 1.50. The van der Waals surface area contributed by atoms with E-state index in [4.69, 9.17) is 28.4 Å². The molecule has 0 radical (unpaired) electrons. The van der Waals surface area contributed by atoms with Gasteiger partial charge in [0.05, 0.1) is 38.6 Å². The highest BCUT2D eigenvalue weighted by Gasteiger charge is 2.53. The van der Waals surface area contributed by atoms with Crippen LogP contribution >= 0.6 is 0 Å². The first-order chi connectivity index (χ1) is 36.8. The second-order valence-corrected chi connectivity index (χ2v) is 21.1. The minimum atomic E-state index is -1.98. The molecule has 19 heteroatoms. The maximum Gasteiger partial charge on any atom is 0.220 e. The van der Waals surface area contributed by atoms with Gasteiger partial charge in [-0.2, -0.15) is 0 Å². The van der Waals surface area contributed by atoms with Gasteiger partial charge >= 0.3 is 0 Å². The number of aliphatic hydroxyl groups excluding tert-OH is 11. The van der Waals surface area contributed by atoms with Gasteiger partial charge in [-0.25, -0.2) is 0 Å². The van der Waals surface area contributed by atoms with E-state index < -0.39 is 124 Å². The summed E-state index contributed by atoms with van der Waals surface area (Å²) in [5, 5.41) is 120. The van der Waals surface area contributed by atoms with Crippen LogP contribution in [0.25, 0.3) is 0 Å². The fourth-order valence-electron chi connectivity index (χ4n) is 9.81. The molecule has 1 amide bonds. The number of ether oxygens (including phenoxy) is 6. The van der Waals surface area contributed by atoms with Crippen LogP contribution in [0.4, 0.5) is 0 Å².